The third-order valence-corrected chi connectivity index (χ3v) is 3.99. The Morgan fingerprint density at radius 2 is 2.17 bits per heavy atom. The number of carbonyl (C=O) groups is 2. The number of carboxylic acid groups (broad SMARTS) is 1. The quantitative estimate of drug-likeness (QED) is 0.804. The van der Waals surface area contributed by atoms with Gasteiger partial charge < -0.3 is 15.6 Å². The van der Waals surface area contributed by atoms with E-state index in [2.05, 4.69) is 4.98 Å². The van der Waals surface area contributed by atoms with E-state index in [0.29, 0.717) is 24.9 Å². The Kier molecular flexibility index (Phi) is 5.56. The number of nitrogens with two attached hydrogens (primary N) is 1. The van der Waals surface area contributed by atoms with Crippen LogP contribution in [0.4, 0.5) is 0 Å². The Hall–Kier alpha value is -1.99. The molecule has 0 aliphatic carbocycles. The maximum absolute atomic E-state index is 12.2. The van der Waals surface area contributed by atoms with Gasteiger partial charge in [0.2, 0.25) is 0 Å². The average Bonchev–Trinajstić information content (AvgIpc) is 2.48. The number of aliphatic carboxylic acids is 1. The van der Waals surface area contributed by atoms with Crippen LogP contribution in [0.25, 0.3) is 0 Å². The van der Waals surface area contributed by atoms with Crippen molar-refractivity contribution < 1.29 is 19.4 Å². The van der Waals surface area contributed by atoms with Crippen LogP contribution in [0.15, 0.2) is 24.5 Å². The van der Waals surface area contributed by atoms with Gasteiger partial charge >= 0.3 is 11.9 Å². The van der Waals surface area contributed by atoms with Crippen molar-refractivity contribution >= 4 is 11.9 Å². The summed E-state index contributed by atoms with van der Waals surface area (Å²) in [5.41, 5.74) is 6.22. The van der Waals surface area contributed by atoms with Crippen molar-refractivity contribution in [3.63, 3.8) is 0 Å². The fourth-order valence-electron chi connectivity index (χ4n) is 2.95. The molecule has 0 amide bonds. The molecule has 2 heterocycles. The van der Waals surface area contributed by atoms with Gasteiger partial charge in [-0.2, -0.15) is 0 Å². The molecule has 132 valence electrons. The zero-order valence-corrected chi connectivity index (χ0v) is 14.3. The third-order valence-electron chi connectivity index (χ3n) is 3.99. The van der Waals surface area contributed by atoms with Crippen LogP contribution in [0, 0.1) is 5.92 Å². The molecule has 7 nitrogen and oxygen atoms in total. The van der Waals surface area contributed by atoms with E-state index in [1.165, 1.54) is 6.20 Å². The maximum Gasteiger partial charge on any atom is 0.325 e. The maximum atomic E-state index is 12.2. The molecule has 1 aromatic heterocycles. The first-order valence-corrected chi connectivity index (χ1v) is 8.06. The first-order valence-electron chi connectivity index (χ1n) is 8.06. The lowest BCUT2D eigenvalue weighted by Crippen LogP contribution is -2.52. The molecule has 1 saturated heterocycles. The molecular formula is C17H25N3O4. The lowest BCUT2D eigenvalue weighted by Gasteiger charge is -2.40. The molecule has 3 N–H and O–H groups in total. The van der Waals surface area contributed by atoms with Crippen molar-refractivity contribution in [3.05, 3.63) is 30.1 Å². The number of nitrogens with zero attached hydrogens (tertiary/aromatic N) is 2. The first-order chi connectivity index (χ1) is 11.2. The molecule has 0 bridgehead atoms. The average molecular weight is 335 g/mol. The van der Waals surface area contributed by atoms with Crippen LogP contribution in [-0.4, -0.2) is 45.2 Å². The van der Waals surface area contributed by atoms with E-state index in [9.17, 15) is 14.7 Å². The number of rotatable bonds is 4. The second-order valence-corrected chi connectivity index (χ2v) is 7.09. The Morgan fingerprint density at radius 1 is 1.46 bits per heavy atom. The number of pyridine rings is 1. The summed E-state index contributed by atoms with van der Waals surface area (Å²) in [6.07, 6.45) is 3.49. The minimum absolute atomic E-state index is 0.272. The lowest BCUT2D eigenvalue weighted by molar-refractivity contribution is -0.163. The zero-order valence-electron chi connectivity index (χ0n) is 14.3. The van der Waals surface area contributed by atoms with Crippen LogP contribution in [0.2, 0.25) is 0 Å². The number of carboxylic acids is 1. The van der Waals surface area contributed by atoms with Gasteiger partial charge in [-0.25, -0.2) is 0 Å². The van der Waals surface area contributed by atoms with Crippen LogP contribution in [0.1, 0.15) is 45.2 Å². The van der Waals surface area contributed by atoms with Gasteiger partial charge in [0.05, 0.1) is 12.1 Å². The molecule has 1 aliphatic heterocycles. The van der Waals surface area contributed by atoms with Gasteiger partial charge in [-0.15, -0.1) is 0 Å². The van der Waals surface area contributed by atoms with Gasteiger partial charge in [0.25, 0.3) is 0 Å². The van der Waals surface area contributed by atoms with Crippen LogP contribution in [0.5, 0.6) is 0 Å². The van der Waals surface area contributed by atoms with Gasteiger partial charge in [-0.05, 0) is 45.2 Å². The normalized spacial score (nSPS) is 23.5. The Balaban J connectivity index is 2.09. The molecule has 1 aromatic rings. The van der Waals surface area contributed by atoms with Gasteiger partial charge in [-0.1, -0.05) is 6.07 Å². The minimum atomic E-state index is -0.978. The summed E-state index contributed by atoms with van der Waals surface area (Å²) in [6, 6.07) is 2.55. The minimum Gasteiger partial charge on any atom is -0.480 e. The van der Waals surface area contributed by atoms with E-state index in [-0.39, 0.29) is 11.9 Å². The summed E-state index contributed by atoms with van der Waals surface area (Å²) in [4.78, 5) is 29.6. The number of hydrogen-bond acceptors (Lipinski definition) is 6. The summed E-state index contributed by atoms with van der Waals surface area (Å²) < 4.78 is 5.41. The van der Waals surface area contributed by atoms with E-state index >= 15 is 0 Å². The zero-order chi connectivity index (χ0) is 17.9. The molecule has 3 atom stereocenters. The van der Waals surface area contributed by atoms with Gasteiger partial charge in [0.15, 0.2) is 0 Å². The smallest absolute Gasteiger partial charge is 0.325 e. The Bertz CT molecular complexity index is 585. The van der Waals surface area contributed by atoms with Crippen molar-refractivity contribution in [1.82, 2.24) is 9.88 Å². The molecule has 7 heteroatoms. The molecule has 0 aromatic carbocycles. The van der Waals surface area contributed by atoms with E-state index in [0.717, 1.165) is 0 Å². The number of hydrogen-bond donors (Lipinski definition) is 2. The second kappa shape index (κ2) is 7.27. The van der Waals surface area contributed by atoms with Crippen molar-refractivity contribution in [2.24, 2.45) is 11.7 Å². The largest absolute Gasteiger partial charge is 0.480 e. The molecule has 1 fully saturated rings. The summed E-state index contributed by atoms with van der Waals surface area (Å²) in [5, 5.41) is 9.61. The van der Waals surface area contributed by atoms with Crippen LogP contribution < -0.4 is 5.73 Å². The molecule has 2 rings (SSSR count). The highest BCUT2D eigenvalue weighted by molar-refractivity contribution is 5.76. The molecule has 0 unspecified atom stereocenters. The molecule has 0 saturated carbocycles. The van der Waals surface area contributed by atoms with Gasteiger partial charge in [-0.3, -0.25) is 19.5 Å². The highest BCUT2D eigenvalue weighted by Crippen LogP contribution is 2.30. The van der Waals surface area contributed by atoms with Crippen molar-refractivity contribution in [2.45, 2.75) is 51.4 Å². The van der Waals surface area contributed by atoms with Crippen LogP contribution >= 0.6 is 0 Å². The Morgan fingerprint density at radius 3 is 2.67 bits per heavy atom. The molecule has 0 radical (unpaired) electrons. The van der Waals surface area contributed by atoms with E-state index in [1.54, 1.807) is 23.2 Å². The molecule has 1 aliphatic rings. The van der Waals surface area contributed by atoms with Gasteiger partial charge in [0, 0.05) is 18.9 Å². The first kappa shape index (κ1) is 18.4. The SMILES string of the molecule is CC(C)(C)OC(=O)[C@@H]1CCN([C@H](C(=O)O)c2cccnc2)[C@@H](N)C1. The number of carbonyl (C=O) groups excluding carboxylic acids is 1. The van der Waals surface area contributed by atoms with Crippen LogP contribution in [0.3, 0.4) is 0 Å². The predicted molar refractivity (Wildman–Crippen MR) is 87.9 cm³/mol. The monoisotopic (exact) mass is 335 g/mol. The van der Waals surface area contributed by atoms with Crippen molar-refractivity contribution in [3.8, 4) is 0 Å². The van der Waals surface area contributed by atoms with Crippen molar-refractivity contribution in [1.29, 1.82) is 0 Å². The number of ether oxygens (including phenoxy) is 1. The standard InChI is InChI=1S/C17H25N3O4/c1-17(2,3)24-16(23)11-6-8-20(13(18)9-11)14(15(21)22)12-5-4-7-19-10-12/h4-5,7,10-11,13-14H,6,8-9,18H2,1-3H3,(H,21,22)/t11-,13-,14+/m1/s1. The number of aromatic nitrogens is 1. The molecule has 24 heavy (non-hydrogen) atoms. The molecule has 0 spiro atoms. The number of piperidine rings is 1. The second-order valence-electron chi connectivity index (χ2n) is 7.09. The van der Waals surface area contributed by atoms with E-state index in [1.807, 2.05) is 20.8 Å². The summed E-state index contributed by atoms with van der Waals surface area (Å²) in [6.45, 7) is 5.88. The topological polar surface area (TPSA) is 106 Å². The lowest BCUT2D eigenvalue weighted by atomic mass is 9.92. The third kappa shape index (κ3) is 4.52. The predicted octanol–water partition coefficient (Wildman–Crippen LogP) is 1.55. The fourth-order valence-corrected chi connectivity index (χ4v) is 2.95. The highest BCUT2D eigenvalue weighted by atomic mass is 16.6. The number of esters is 1. The van der Waals surface area contributed by atoms with Crippen LogP contribution in [-0.2, 0) is 14.3 Å². The summed E-state index contributed by atoms with van der Waals surface area (Å²) >= 11 is 0. The van der Waals surface area contributed by atoms with E-state index in [4.69, 9.17) is 10.5 Å². The number of likely N-dealkylation sites (tertiary alicyclic amines) is 1. The van der Waals surface area contributed by atoms with E-state index < -0.39 is 23.8 Å². The summed E-state index contributed by atoms with van der Waals surface area (Å²) in [7, 11) is 0. The fraction of sp³-hybridized carbons (Fsp3) is 0.588. The molecular weight excluding hydrogens is 310 g/mol. The summed E-state index contributed by atoms with van der Waals surface area (Å²) in [5.74, 6) is -1.56. The van der Waals surface area contributed by atoms with Crippen molar-refractivity contribution in [2.75, 3.05) is 6.54 Å². The Labute approximate surface area is 141 Å². The van der Waals surface area contributed by atoms with Gasteiger partial charge in [0.1, 0.15) is 11.6 Å². The highest BCUT2D eigenvalue weighted by Gasteiger charge is 2.38.